The molecule has 1 aliphatic heterocycles. The highest BCUT2D eigenvalue weighted by Crippen LogP contribution is 2.18. The highest BCUT2D eigenvalue weighted by molar-refractivity contribution is 4.81. The quantitative estimate of drug-likeness (QED) is 0.704. The summed E-state index contributed by atoms with van der Waals surface area (Å²) in [6, 6.07) is 0.671. The Balaban J connectivity index is 2.36. The van der Waals surface area contributed by atoms with E-state index in [1.165, 1.54) is 0 Å². The molecule has 1 rings (SSSR count). The number of ether oxygens (including phenoxy) is 1. The Morgan fingerprint density at radius 1 is 1.47 bits per heavy atom. The Hall–Kier alpha value is -0.120. The van der Waals surface area contributed by atoms with Crippen molar-refractivity contribution >= 4 is 0 Å². The SMILES string of the molecule is CCC(C)C(CO)NC(C)C1CCOC1. The van der Waals surface area contributed by atoms with Crippen LogP contribution in [0, 0.1) is 11.8 Å². The minimum atomic E-state index is 0.227. The lowest BCUT2D eigenvalue weighted by Gasteiger charge is -2.28. The van der Waals surface area contributed by atoms with Gasteiger partial charge in [-0.15, -0.1) is 0 Å². The van der Waals surface area contributed by atoms with Crippen LogP contribution in [0.25, 0.3) is 0 Å². The first kappa shape index (κ1) is 12.9. The first-order valence-corrected chi connectivity index (χ1v) is 6.13. The maximum absolute atomic E-state index is 9.33. The van der Waals surface area contributed by atoms with E-state index in [2.05, 4.69) is 26.1 Å². The van der Waals surface area contributed by atoms with E-state index in [4.69, 9.17) is 4.74 Å². The maximum Gasteiger partial charge on any atom is 0.0587 e. The predicted molar refractivity (Wildman–Crippen MR) is 61.9 cm³/mol. The van der Waals surface area contributed by atoms with Gasteiger partial charge in [0.15, 0.2) is 0 Å². The lowest BCUT2D eigenvalue weighted by atomic mass is 9.95. The highest BCUT2D eigenvalue weighted by atomic mass is 16.5. The van der Waals surface area contributed by atoms with Crippen LogP contribution in [0.15, 0.2) is 0 Å². The molecule has 0 amide bonds. The molecule has 0 aromatic rings. The fourth-order valence-corrected chi connectivity index (χ4v) is 2.10. The first-order chi connectivity index (χ1) is 7.19. The fraction of sp³-hybridized carbons (Fsp3) is 1.00. The zero-order valence-corrected chi connectivity index (χ0v) is 10.2. The molecule has 3 nitrogen and oxygen atoms in total. The summed E-state index contributed by atoms with van der Waals surface area (Å²) in [6.07, 6.45) is 2.25. The molecule has 0 saturated carbocycles. The fourth-order valence-electron chi connectivity index (χ4n) is 2.10. The second kappa shape index (κ2) is 6.46. The molecule has 1 saturated heterocycles. The molecule has 3 heteroatoms. The normalized spacial score (nSPS) is 27.6. The summed E-state index contributed by atoms with van der Waals surface area (Å²) < 4.78 is 5.38. The molecule has 2 N–H and O–H groups in total. The van der Waals surface area contributed by atoms with Gasteiger partial charge >= 0.3 is 0 Å². The summed E-state index contributed by atoms with van der Waals surface area (Å²) in [5.41, 5.74) is 0. The smallest absolute Gasteiger partial charge is 0.0587 e. The van der Waals surface area contributed by atoms with Gasteiger partial charge in [0.05, 0.1) is 13.2 Å². The van der Waals surface area contributed by atoms with E-state index in [1.807, 2.05) is 0 Å². The standard InChI is InChI=1S/C12H25NO2/c1-4-9(2)12(7-14)13-10(3)11-5-6-15-8-11/h9-14H,4-8H2,1-3H3. The largest absolute Gasteiger partial charge is 0.395 e. The Morgan fingerprint density at radius 3 is 2.67 bits per heavy atom. The molecule has 0 aliphatic carbocycles. The Kier molecular flexibility index (Phi) is 5.58. The van der Waals surface area contributed by atoms with Crippen molar-refractivity contribution in [3.05, 3.63) is 0 Å². The van der Waals surface area contributed by atoms with Crippen molar-refractivity contribution in [3.8, 4) is 0 Å². The summed E-state index contributed by atoms with van der Waals surface area (Å²) in [4.78, 5) is 0. The number of hydrogen-bond donors (Lipinski definition) is 2. The van der Waals surface area contributed by atoms with Crippen molar-refractivity contribution < 1.29 is 9.84 Å². The van der Waals surface area contributed by atoms with Crippen molar-refractivity contribution in [1.29, 1.82) is 0 Å². The first-order valence-electron chi connectivity index (χ1n) is 6.13. The van der Waals surface area contributed by atoms with Gasteiger partial charge in [0, 0.05) is 18.7 Å². The minimum absolute atomic E-state index is 0.227. The van der Waals surface area contributed by atoms with Crippen LogP contribution in [-0.2, 0) is 4.74 Å². The van der Waals surface area contributed by atoms with E-state index < -0.39 is 0 Å². The third kappa shape index (κ3) is 3.74. The molecule has 1 aliphatic rings. The van der Waals surface area contributed by atoms with E-state index in [0.717, 1.165) is 26.1 Å². The summed E-state index contributed by atoms with van der Waals surface area (Å²) in [5, 5.41) is 12.9. The summed E-state index contributed by atoms with van der Waals surface area (Å²) in [7, 11) is 0. The van der Waals surface area contributed by atoms with Crippen LogP contribution in [0.1, 0.15) is 33.6 Å². The molecule has 90 valence electrons. The topological polar surface area (TPSA) is 41.5 Å². The number of aliphatic hydroxyl groups is 1. The van der Waals surface area contributed by atoms with Crippen LogP contribution in [-0.4, -0.2) is 37.0 Å². The molecule has 0 radical (unpaired) electrons. The molecule has 4 unspecified atom stereocenters. The monoisotopic (exact) mass is 215 g/mol. The van der Waals surface area contributed by atoms with Gasteiger partial charge in [0.25, 0.3) is 0 Å². The molecule has 0 spiro atoms. The van der Waals surface area contributed by atoms with E-state index in [9.17, 15) is 5.11 Å². The molecule has 0 bridgehead atoms. The van der Waals surface area contributed by atoms with Gasteiger partial charge in [0.1, 0.15) is 0 Å². The molecule has 0 aromatic heterocycles. The van der Waals surface area contributed by atoms with E-state index in [-0.39, 0.29) is 12.6 Å². The van der Waals surface area contributed by atoms with Crippen LogP contribution >= 0.6 is 0 Å². The van der Waals surface area contributed by atoms with Crippen molar-refractivity contribution in [1.82, 2.24) is 5.32 Å². The summed E-state index contributed by atoms with van der Waals surface area (Å²) >= 11 is 0. The van der Waals surface area contributed by atoms with Gasteiger partial charge in [-0.3, -0.25) is 0 Å². The number of aliphatic hydroxyl groups excluding tert-OH is 1. The van der Waals surface area contributed by atoms with E-state index in [0.29, 0.717) is 17.9 Å². The van der Waals surface area contributed by atoms with Gasteiger partial charge in [0.2, 0.25) is 0 Å². The molecule has 1 heterocycles. The number of nitrogens with one attached hydrogen (secondary N) is 1. The van der Waals surface area contributed by atoms with Gasteiger partial charge in [-0.1, -0.05) is 20.3 Å². The molecule has 4 atom stereocenters. The molecular formula is C12H25NO2. The van der Waals surface area contributed by atoms with Gasteiger partial charge < -0.3 is 15.2 Å². The van der Waals surface area contributed by atoms with Gasteiger partial charge in [-0.05, 0) is 25.2 Å². The zero-order chi connectivity index (χ0) is 11.3. The van der Waals surface area contributed by atoms with Gasteiger partial charge in [-0.25, -0.2) is 0 Å². The van der Waals surface area contributed by atoms with Gasteiger partial charge in [-0.2, -0.15) is 0 Å². The van der Waals surface area contributed by atoms with Crippen LogP contribution in [0.3, 0.4) is 0 Å². The second-order valence-corrected chi connectivity index (χ2v) is 4.75. The zero-order valence-electron chi connectivity index (χ0n) is 10.2. The molecule has 15 heavy (non-hydrogen) atoms. The Morgan fingerprint density at radius 2 is 2.20 bits per heavy atom. The lowest BCUT2D eigenvalue weighted by molar-refractivity contribution is 0.158. The van der Waals surface area contributed by atoms with Crippen molar-refractivity contribution in [2.45, 2.75) is 45.7 Å². The average Bonchev–Trinajstić information content (AvgIpc) is 2.77. The minimum Gasteiger partial charge on any atom is -0.395 e. The molecule has 0 aromatic carbocycles. The molecular weight excluding hydrogens is 190 g/mol. The van der Waals surface area contributed by atoms with Crippen molar-refractivity contribution in [2.75, 3.05) is 19.8 Å². The number of hydrogen-bond acceptors (Lipinski definition) is 3. The highest BCUT2D eigenvalue weighted by Gasteiger charge is 2.25. The predicted octanol–water partition coefficient (Wildman–Crippen LogP) is 1.41. The third-order valence-corrected chi connectivity index (χ3v) is 3.68. The summed E-state index contributed by atoms with van der Waals surface area (Å²) in [5.74, 6) is 1.14. The molecule has 1 fully saturated rings. The van der Waals surface area contributed by atoms with E-state index >= 15 is 0 Å². The summed E-state index contributed by atoms with van der Waals surface area (Å²) in [6.45, 7) is 8.54. The second-order valence-electron chi connectivity index (χ2n) is 4.75. The average molecular weight is 215 g/mol. The Bertz CT molecular complexity index is 169. The van der Waals surface area contributed by atoms with Crippen LogP contribution in [0.4, 0.5) is 0 Å². The third-order valence-electron chi connectivity index (χ3n) is 3.68. The maximum atomic E-state index is 9.33. The van der Waals surface area contributed by atoms with Crippen LogP contribution < -0.4 is 5.32 Å². The van der Waals surface area contributed by atoms with Crippen molar-refractivity contribution in [2.24, 2.45) is 11.8 Å². The Labute approximate surface area is 93.2 Å². The number of rotatable bonds is 6. The van der Waals surface area contributed by atoms with Crippen LogP contribution in [0.5, 0.6) is 0 Å². The van der Waals surface area contributed by atoms with Crippen LogP contribution in [0.2, 0.25) is 0 Å². The lowest BCUT2D eigenvalue weighted by Crippen LogP contribution is -2.46. The van der Waals surface area contributed by atoms with E-state index in [1.54, 1.807) is 0 Å². The van der Waals surface area contributed by atoms with Crippen molar-refractivity contribution in [3.63, 3.8) is 0 Å².